The number of amides is 1. The Morgan fingerprint density at radius 3 is 2.81 bits per heavy atom. The van der Waals surface area contributed by atoms with Crippen LogP contribution >= 0.6 is 0 Å². The van der Waals surface area contributed by atoms with Crippen LogP contribution in [-0.2, 0) is 4.79 Å². The zero-order valence-electron chi connectivity index (χ0n) is 13.0. The van der Waals surface area contributed by atoms with Crippen LogP contribution in [0.2, 0.25) is 0 Å². The summed E-state index contributed by atoms with van der Waals surface area (Å²) < 4.78 is 1.91. The molecule has 0 spiro atoms. The summed E-state index contributed by atoms with van der Waals surface area (Å²) in [5, 5.41) is 3.27. The fourth-order valence-electron chi connectivity index (χ4n) is 1.93. The van der Waals surface area contributed by atoms with Crippen molar-refractivity contribution in [3.63, 3.8) is 0 Å². The molecule has 2 heterocycles. The maximum absolute atomic E-state index is 11.9. The van der Waals surface area contributed by atoms with Crippen molar-refractivity contribution < 1.29 is 4.79 Å². The lowest BCUT2D eigenvalue weighted by molar-refractivity contribution is -0.127. The van der Waals surface area contributed by atoms with E-state index in [9.17, 15) is 4.79 Å². The van der Waals surface area contributed by atoms with Crippen molar-refractivity contribution >= 4 is 23.2 Å². The summed E-state index contributed by atoms with van der Waals surface area (Å²) in [6.07, 6.45) is 6.53. The van der Waals surface area contributed by atoms with Gasteiger partial charge in [-0.15, -0.1) is 0 Å². The van der Waals surface area contributed by atoms with Crippen LogP contribution in [0.1, 0.15) is 13.3 Å². The first kappa shape index (κ1) is 15.1. The van der Waals surface area contributed by atoms with Gasteiger partial charge in [-0.3, -0.25) is 4.79 Å². The zero-order chi connectivity index (χ0) is 15.4. The number of hydrogen-bond acceptors (Lipinski definition) is 5. The predicted molar refractivity (Wildman–Crippen MR) is 83.7 cm³/mol. The van der Waals surface area contributed by atoms with Crippen LogP contribution in [0.5, 0.6) is 0 Å². The highest BCUT2D eigenvalue weighted by Crippen LogP contribution is 2.19. The number of carbonyl (C=O) groups is 1. The van der Waals surface area contributed by atoms with Gasteiger partial charge in [0.25, 0.3) is 0 Å². The van der Waals surface area contributed by atoms with E-state index in [0.29, 0.717) is 5.82 Å². The lowest BCUT2D eigenvalue weighted by Gasteiger charge is -2.21. The Kier molecular flexibility index (Phi) is 4.62. The van der Waals surface area contributed by atoms with Gasteiger partial charge in [0.1, 0.15) is 5.82 Å². The Bertz CT molecular complexity index is 621. The second-order valence-corrected chi connectivity index (χ2v) is 5.18. The number of nitrogens with zero attached hydrogens (tertiary/aromatic N) is 5. The monoisotopic (exact) mass is 290 g/mol. The lowest BCUT2D eigenvalue weighted by Crippen LogP contribution is -2.35. The average molecular weight is 290 g/mol. The highest BCUT2D eigenvalue weighted by Gasteiger charge is 2.15. The molecule has 1 N–H and O–H groups in total. The van der Waals surface area contributed by atoms with Crippen molar-refractivity contribution in [2.24, 2.45) is 0 Å². The number of hydrogen-bond donors (Lipinski definition) is 1. The predicted octanol–water partition coefficient (Wildman–Crippen LogP) is 1.08. The van der Waals surface area contributed by atoms with Crippen molar-refractivity contribution in [2.75, 3.05) is 44.4 Å². The van der Waals surface area contributed by atoms with Crippen LogP contribution in [0.25, 0.3) is 5.65 Å². The van der Waals surface area contributed by atoms with Gasteiger partial charge in [-0.25, -0.2) is 9.97 Å². The Morgan fingerprint density at radius 2 is 2.14 bits per heavy atom. The number of aromatic nitrogens is 3. The number of nitrogens with one attached hydrogen (secondary N) is 1. The molecule has 0 atom stereocenters. The minimum atomic E-state index is 0.0240. The Morgan fingerprint density at radius 1 is 1.38 bits per heavy atom. The quantitative estimate of drug-likeness (QED) is 0.862. The smallest absolute Gasteiger partial charge is 0.241 e. The zero-order valence-corrected chi connectivity index (χ0v) is 13.0. The lowest BCUT2D eigenvalue weighted by atomic mass is 10.4. The first-order valence-corrected chi connectivity index (χ1v) is 7.01. The van der Waals surface area contributed by atoms with E-state index in [-0.39, 0.29) is 12.5 Å². The van der Waals surface area contributed by atoms with Crippen LogP contribution in [0.15, 0.2) is 18.6 Å². The molecule has 2 aromatic rings. The molecular weight excluding hydrogens is 268 g/mol. The van der Waals surface area contributed by atoms with Crippen LogP contribution in [0, 0.1) is 0 Å². The fourth-order valence-corrected chi connectivity index (χ4v) is 1.93. The third-order valence-electron chi connectivity index (χ3n) is 3.15. The summed E-state index contributed by atoms with van der Waals surface area (Å²) in [7, 11) is 5.34. The van der Waals surface area contributed by atoms with Crippen LogP contribution in [-0.4, -0.2) is 59.4 Å². The van der Waals surface area contributed by atoms with E-state index in [1.807, 2.05) is 28.7 Å². The molecule has 114 valence electrons. The molecule has 0 aliphatic rings. The van der Waals surface area contributed by atoms with Gasteiger partial charge in [0, 0.05) is 40.1 Å². The van der Waals surface area contributed by atoms with Crippen molar-refractivity contribution in [3.8, 4) is 0 Å². The molecule has 2 aromatic heterocycles. The molecule has 7 nitrogen and oxygen atoms in total. The highest BCUT2D eigenvalue weighted by atomic mass is 16.2. The molecule has 0 bridgehead atoms. The van der Waals surface area contributed by atoms with Gasteiger partial charge < -0.3 is 19.5 Å². The Hall–Kier alpha value is -2.31. The summed E-state index contributed by atoms with van der Waals surface area (Å²) in [6.45, 7) is 3.22. The first-order valence-electron chi connectivity index (χ1n) is 7.01. The third-order valence-corrected chi connectivity index (χ3v) is 3.15. The molecular formula is C14H22N6O. The minimum absolute atomic E-state index is 0.0240. The molecule has 0 aliphatic carbocycles. The second kappa shape index (κ2) is 6.43. The average Bonchev–Trinajstić information content (AvgIpc) is 2.92. The first-order chi connectivity index (χ1) is 10.0. The summed E-state index contributed by atoms with van der Waals surface area (Å²) in [4.78, 5) is 24.2. The van der Waals surface area contributed by atoms with Gasteiger partial charge in [-0.05, 0) is 6.42 Å². The van der Waals surface area contributed by atoms with Gasteiger partial charge in [0.2, 0.25) is 5.91 Å². The van der Waals surface area contributed by atoms with E-state index in [4.69, 9.17) is 0 Å². The van der Waals surface area contributed by atoms with Crippen LogP contribution < -0.4 is 10.2 Å². The van der Waals surface area contributed by atoms with E-state index in [1.54, 1.807) is 25.2 Å². The molecule has 0 aliphatic heterocycles. The standard InChI is InChI=1S/C14H22N6O/c1-5-6-15-11-9-20-8-7-16-13(20)14(17-11)19(4)10-12(21)18(2)3/h7-9,15H,5-6,10H2,1-4H3. The van der Waals surface area contributed by atoms with E-state index < -0.39 is 0 Å². The van der Waals surface area contributed by atoms with Gasteiger partial charge in [0.15, 0.2) is 11.5 Å². The molecule has 1 amide bonds. The molecule has 0 saturated carbocycles. The number of carbonyl (C=O) groups excluding carboxylic acids is 1. The summed E-state index contributed by atoms with van der Waals surface area (Å²) in [6, 6.07) is 0. The van der Waals surface area contributed by atoms with Crippen molar-refractivity contribution in [3.05, 3.63) is 18.6 Å². The molecule has 21 heavy (non-hydrogen) atoms. The topological polar surface area (TPSA) is 65.8 Å². The number of fused-ring (bicyclic) bond motifs is 1. The maximum atomic E-state index is 11.9. The largest absolute Gasteiger partial charge is 0.369 e. The van der Waals surface area contributed by atoms with Crippen molar-refractivity contribution in [1.82, 2.24) is 19.3 Å². The van der Waals surface area contributed by atoms with Crippen molar-refractivity contribution in [1.29, 1.82) is 0 Å². The van der Waals surface area contributed by atoms with E-state index in [0.717, 1.165) is 24.4 Å². The van der Waals surface area contributed by atoms with E-state index >= 15 is 0 Å². The minimum Gasteiger partial charge on any atom is -0.369 e. The van der Waals surface area contributed by atoms with Gasteiger partial charge in [0.05, 0.1) is 12.7 Å². The maximum Gasteiger partial charge on any atom is 0.241 e. The van der Waals surface area contributed by atoms with Crippen molar-refractivity contribution in [2.45, 2.75) is 13.3 Å². The number of rotatable bonds is 6. The molecule has 2 rings (SSSR count). The second-order valence-electron chi connectivity index (χ2n) is 5.18. The Balaban J connectivity index is 2.31. The SMILES string of the molecule is CCCNc1cn2ccnc2c(N(C)CC(=O)N(C)C)n1. The van der Waals surface area contributed by atoms with E-state index in [2.05, 4.69) is 22.2 Å². The molecule has 7 heteroatoms. The van der Waals surface area contributed by atoms with Crippen LogP contribution in [0.3, 0.4) is 0 Å². The third kappa shape index (κ3) is 3.42. The van der Waals surface area contributed by atoms with Gasteiger partial charge in [-0.2, -0.15) is 0 Å². The fraction of sp³-hybridized carbons (Fsp3) is 0.500. The van der Waals surface area contributed by atoms with Gasteiger partial charge in [-0.1, -0.05) is 6.92 Å². The van der Waals surface area contributed by atoms with Gasteiger partial charge >= 0.3 is 0 Å². The molecule has 0 fully saturated rings. The normalized spacial score (nSPS) is 10.7. The van der Waals surface area contributed by atoms with E-state index in [1.165, 1.54) is 0 Å². The Labute approximate surface area is 124 Å². The molecule has 0 saturated heterocycles. The highest BCUT2D eigenvalue weighted by molar-refractivity contribution is 5.82. The summed E-state index contributed by atoms with van der Waals surface area (Å²) >= 11 is 0. The number of imidazole rings is 1. The number of likely N-dealkylation sites (N-methyl/N-ethyl adjacent to an activating group) is 2. The summed E-state index contributed by atoms with van der Waals surface area (Å²) in [5.41, 5.74) is 0.742. The molecule has 0 radical (unpaired) electrons. The molecule has 0 unspecified atom stereocenters. The molecule has 0 aromatic carbocycles. The van der Waals surface area contributed by atoms with Crippen LogP contribution in [0.4, 0.5) is 11.6 Å². The number of anilines is 2. The summed E-state index contributed by atoms with van der Waals surface area (Å²) in [5.74, 6) is 1.49.